The third kappa shape index (κ3) is 22.0. The summed E-state index contributed by atoms with van der Waals surface area (Å²) in [6, 6.07) is 6.57. The van der Waals surface area contributed by atoms with E-state index < -0.39 is 22.1 Å². The van der Waals surface area contributed by atoms with Crippen LogP contribution in [0.2, 0.25) is 0 Å². The fraction of sp³-hybridized carbons (Fsp3) is 0.429. The molecule has 10 heteroatoms. The van der Waals surface area contributed by atoms with Crippen molar-refractivity contribution in [2.24, 2.45) is 5.73 Å². The number of benzene rings is 1. The van der Waals surface area contributed by atoms with Crippen molar-refractivity contribution in [1.82, 2.24) is 4.90 Å². The van der Waals surface area contributed by atoms with Crippen molar-refractivity contribution >= 4 is 22.1 Å². The van der Waals surface area contributed by atoms with Crippen LogP contribution in [0.5, 0.6) is 0 Å². The van der Waals surface area contributed by atoms with E-state index >= 15 is 0 Å². The third-order valence-corrected chi connectivity index (χ3v) is 4.23. The number of rotatable bonds is 8. The molecule has 1 aromatic carbocycles. The van der Waals surface area contributed by atoms with Crippen molar-refractivity contribution < 1.29 is 32.4 Å². The normalized spacial score (nSPS) is 9.65. The van der Waals surface area contributed by atoms with E-state index in [0.717, 1.165) is 24.6 Å². The standard InChI is InChI=1S/C10H15NO3S.C5H8O2.C3H9N.C3H4O2/c1-9-4-6-10(7-5-9)15(12,13)14-8-11(2)3;1-3-4(2)5(6)7;1-2-3-4;1-2-3(4)5/h4-7H,8H2,1-3H3;2-3H2,1H3,(H,6,7);2-4H2,1H3;2H,1H2,(H,4,5). The summed E-state index contributed by atoms with van der Waals surface area (Å²) in [5.41, 5.74) is 6.31. The molecule has 0 aliphatic heterocycles. The molecule has 1 rings (SSSR count). The molecule has 0 saturated carbocycles. The molecule has 0 atom stereocenters. The Morgan fingerprint density at radius 1 is 1.16 bits per heavy atom. The van der Waals surface area contributed by atoms with Gasteiger partial charge in [-0.2, -0.15) is 8.42 Å². The molecular weight excluding hydrogens is 424 g/mol. The zero-order valence-electron chi connectivity index (χ0n) is 19.0. The molecule has 0 amide bonds. The number of hydrogen-bond donors (Lipinski definition) is 3. The van der Waals surface area contributed by atoms with Crippen LogP contribution < -0.4 is 5.73 Å². The van der Waals surface area contributed by atoms with E-state index in [2.05, 4.69) is 20.1 Å². The first kappa shape index (κ1) is 33.1. The fourth-order valence-electron chi connectivity index (χ4n) is 1.10. The van der Waals surface area contributed by atoms with Crippen LogP contribution in [0.25, 0.3) is 0 Å². The zero-order valence-corrected chi connectivity index (χ0v) is 19.8. The molecule has 178 valence electrons. The second kappa shape index (κ2) is 19.4. The van der Waals surface area contributed by atoms with Crippen molar-refractivity contribution in [3.63, 3.8) is 0 Å². The Kier molecular flexibility index (Phi) is 20.8. The highest BCUT2D eigenvalue weighted by atomic mass is 32.2. The van der Waals surface area contributed by atoms with E-state index in [1.165, 1.54) is 0 Å². The average Bonchev–Trinajstić information content (AvgIpc) is 2.73. The lowest BCUT2D eigenvalue weighted by molar-refractivity contribution is -0.133. The van der Waals surface area contributed by atoms with Gasteiger partial charge >= 0.3 is 11.9 Å². The van der Waals surface area contributed by atoms with Gasteiger partial charge in [0.15, 0.2) is 0 Å². The number of aryl methyl sites for hydroxylation is 1. The fourth-order valence-corrected chi connectivity index (χ4v) is 2.05. The number of nitrogens with two attached hydrogens (primary N) is 1. The van der Waals surface area contributed by atoms with E-state index in [1.807, 2.05) is 6.92 Å². The summed E-state index contributed by atoms with van der Waals surface area (Å²) in [5.74, 6) is -1.88. The minimum atomic E-state index is -3.61. The van der Waals surface area contributed by atoms with Crippen molar-refractivity contribution in [3.8, 4) is 0 Å². The molecule has 0 bridgehead atoms. The Hall–Kier alpha value is -2.53. The van der Waals surface area contributed by atoms with Gasteiger partial charge in [0, 0.05) is 11.6 Å². The molecule has 9 nitrogen and oxygen atoms in total. The first-order chi connectivity index (χ1) is 14.3. The molecule has 0 spiro atoms. The van der Waals surface area contributed by atoms with E-state index in [0.29, 0.717) is 6.42 Å². The lowest BCUT2D eigenvalue weighted by Gasteiger charge is -2.10. The van der Waals surface area contributed by atoms with Crippen molar-refractivity contribution in [3.05, 3.63) is 54.6 Å². The maximum Gasteiger partial charge on any atom is 0.330 e. The lowest BCUT2D eigenvalue weighted by atomic mass is 10.2. The number of nitrogens with zero attached hydrogens (tertiary/aromatic N) is 1. The van der Waals surface area contributed by atoms with Gasteiger partial charge in [-0.3, -0.25) is 9.08 Å². The van der Waals surface area contributed by atoms with Gasteiger partial charge in [-0.15, -0.1) is 0 Å². The minimum absolute atomic E-state index is 0.0518. The molecule has 31 heavy (non-hydrogen) atoms. The number of carbonyl (C=O) groups is 2. The van der Waals surface area contributed by atoms with Gasteiger partial charge in [0.1, 0.15) is 6.73 Å². The molecule has 0 saturated heterocycles. The molecule has 0 unspecified atom stereocenters. The predicted octanol–water partition coefficient (Wildman–Crippen LogP) is 2.87. The Morgan fingerprint density at radius 2 is 1.58 bits per heavy atom. The summed E-state index contributed by atoms with van der Waals surface area (Å²) in [6.45, 7) is 12.8. The number of carboxylic acids is 2. The molecule has 0 fully saturated rings. The summed E-state index contributed by atoms with van der Waals surface area (Å²) in [7, 11) is -0.132. The monoisotopic (exact) mass is 460 g/mol. The van der Waals surface area contributed by atoms with Crippen LogP contribution in [0, 0.1) is 6.92 Å². The number of carboxylic acid groups (broad SMARTS) is 2. The van der Waals surface area contributed by atoms with Crippen molar-refractivity contribution in [2.45, 2.75) is 38.5 Å². The summed E-state index contributed by atoms with van der Waals surface area (Å²) < 4.78 is 28.0. The highest BCUT2D eigenvalue weighted by Crippen LogP contribution is 2.12. The van der Waals surface area contributed by atoms with Gasteiger partial charge in [-0.25, -0.2) is 9.59 Å². The Labute approximate surface area is 186 Å². The first-order valence-electron chi connectivity index (χ1n) is 9.36. The van der Waals surface area contributed by atoms with Gasteiger partial charge in [-0.05, 0) is 52.5 Å². The number of aliphatic carboxylic acids is 2. The van der Waals surface area contributed by atoms with Gasteiger partial charge < -0.3 is 15.9 Å². The molecule has 0 aromatic heterocycles. The molecule has 4 N–H and O–H groups in total. The Morgan fingerprint density at radius 3 is 1.81 bits per heavy atom. The highest BCUT2D eigenvalue weighted by Gasteiger charge is 2.14. The second-order valence-electron chi connectivity index (χ2n) is 6.19. The molecular formula is C21H36N2O7S. The third-order valence-electron chi connectivity index (χ3n) is 2.97. The van der Waals surface area contributed by atoms with Crippen molar-refractivity contribution in [2.75, 3.05) is 27.4 Å². The summed E-state index contributed by atoms with van der Waals surface area (Å²) in [6.07, 6.45) is 2.45. The maximum atomic E-state index is 11.6. The molecule has 0 heterocycles. The summed E-state index contributed by atoms with van der Waals surface area (Å²) in [4.78, 5) is 20.9. The summed E-state index contributed by atoms with van der Waals surface area (Å²) in [5, 5.41) is 15.7. The number of hydrogen-bond acceptors (Lipinski definition) is 7. The van der Waals surface area contributed by atoms with E-state index in [-0.39, 0.29) is 17.2 Å². The maximum absolute atomic E-state index is 11.6. The van der Waals surface area contributed by atoms with Gasteiger partial charge in [-0.1, -0.05) is 44.7 Å². The minimum Gasteiger partial charge on any atom is -0.478 e. The van der Waals surface area contributed by atoms with Crippen LogP contribution in [0.3, 0.4) is 0 Å². The Balaban J connectivity index is -0.000000407. The highest BCUT2D eigenvalue weighted by molar-refractivity contribution is 7.86. The largest absolute Gasteiger partial charge is 0.478 e. The Bertz CT molecular complexity index is 756. The van der Waals surface area contributed by atoms with Crippen LogP contribution in [0.4, 0.5) is 0 Å². The van der Waals surface area contributed by atoms with Crippen LogP contribution in [0.1, 0.15) is 32.3 Å². The van der Waals surface area contributed by atoms with Crippen LogP contribution in [0.15, 0.2) is 54.0 Å². The van der Waals surface area contributed by atoms with Crippen LogP contribution in [-0.4, -0.2) is 62.8 Å². The lowest BCUT2D eigenvalue weighted by Crippen LogP contribution is -2.19. The predicted molar refractivity (Wildman–Crippen MR) is 122 cm³/mol. The van der Waals surface area contributed by atoms with E-state index in [4.69, 9.17) is 20.1 Å². The first-order valence-corrected chi connectivity index (χ1v) is 10.8. The van der Waals surface area contributed by atoms with Gasteiger partial charge in [0.2, 0.25) is 0 Å². The smallest absolute Gasteiger partial charge is 0.330 e. The quantitative estimate of drug-likeness (QED) is 0.302. The molecule has 0 aliphatic carbocycles. The molecule has 0 aliphatic rings. The van der Waals surface area contributed by atoms with Crippen molar-refractivity contribution in [1.29, 1.82) is 0 Å². The summed E-state index contributed by atoms with van der Waals surface area (Å²) >= 11 is 0. The van der Waals surface area contributed by atoms with Crippen LogP contribution in [-0.2, 0) is 23.9 Å². The SMILES string of the molecule is C=C(CC)C(=O)O.C=CC(=O)O.CCCN.Cc1ccc(S(=O)(=O)OCN(C)C)cc1. The topological polar surface area (TPSA) is 147 Å². The molecule has 1 aromatic rings. The van der Waals surface area contributed by atoms with Gasteiger partial charge in [0.05, 0.1) is 4.90 Å². The van der Waals surface area contributed by atoms with Gasteiger partial charge in [0.25, 0.3) is 10.1 Å². The van der Waals surface area contributed by atoms with E-state index in [9.17, 15) is 18.0 Å². The molecule has 0 radical (unpaired) electrons. The van der Waals surface area contributed by atoms with Crippen LogP contribution >= 0.6 is 0 Å². The average molecular weight is 461 g/mol. The van der Waals surface area contributed by atoms with E-state index in [1.54, 1.807) is 50.2 Å². The second-order valence-corrected chi connectivity index (χ2v) is 7.80. The zero-order chi connectivity index (χ0) is 25.0.